The smallest absolute Gasteiger partial charge is 0.330 e. The lowest BCUT2D eigenvalue weighted by atomic mass is 10.2. The van der Waals surface area contributed by atoms with Gasteiger partial charge >= 0.3 is 5.97 Å². The number of benzene rings is 2. The van der Waals surface area contributed by atoms with Gasteiger partial charge in [-0.1, -0.05) is 6.58 Å². The van der Waals surface area contributed by atoms with Gasteiger partial charge in [0.15, 0.2) is 9.84 Å². The standard InChI is InChI=1S/C21H23N3O4S/c1-2-21(25)28-15-16-29(26,27)20-11-7-18(8-12-20)23-22-17-5-9-19(10-6-17)24-13-3-4-14-24/h2,5-12H,1,3-4,13-16H2. The summed E-state index contributed by atoms with van der Waals surface area (Å²) in [5.41, 5.74) is 2.47. The summed E-state index contributed by atoms with van der Waals surface area (Å²) in [6, 6.07) is 14.0. The lowest BCUT2D eigenvalue weighted by molar-refractivity contribution is -0.137. The first-order valence-electron chi connectivity index (χ1n) is 9.37. The number of esters is 1. The van der Waals surface area contributed by atoms with Gasteiger partial charge in [0.05, 0.1) is 22.0 Å². The molecule has 7 nitrogen and oxygen atoms in total. The van der Waals surface area contributed by atoms with E-state index in [0.717, 1.165) is 24.9 Å². The van der Waals surface area contributed by atoms with Crippen LogP contribution < -0.4 is 4.90 Å². The third-order valence-electron chi connectivity index (χ3n) is 4.56. The summed E-state index contributed by atoms with van der Waals surface area (Å²) in [5.74, 6) is -0.944. The lowest BCUT2D eigenvalue weighted by Crippen LogP contribution is -2.17. The van der Waals surface area contributed by atoms with E-state index in [0.29, 0.717) is 5.69 Å². The number of hydrogen-bond acceptors (Lipinski definition) is 7. The summed E-state index contributed by atoms with van der Waals surface area (Å²) >= 11 is 0. The fourth-order valence-corrected chi connectivity index (χ4v) is 4.06. The molecule has 0 saturated carbocycles. The van der Waals surface area contributed by atoms with E-state index in [2.05, 4.69) is 21.7 Å². The normalized spacial score (nSPS) is 14.3. The molecule has 8 heteroatoms. The van der Waals surface area contributed by atoms with Crippen molar-refractivity contribution in [2.45, 2.75) is 17.7 Å². The maximum Gasteiger partial charge on any atom is 0.330 e. The quantitative estimate of drug-likeness (QED) is 0.368. The van der Waals surface area contributed by atoms with Crippen LogP contribution in [0.15, 0.2) is 76.3 Å². The van der Waals surface area contributed by atoms with Crippen molar-refractivity contribution >= 4 is 32.9 Å². The molecule has 0 bridgehead atoms. The molecule has 0 N–H and O–H groups in total. The van der Waals surface area contributed by atoms with Crippen molar-refractivity contribution in [3.63, 3.8) is 0 Å². The number of hydrogen-bond donors (Lipinski definition) is 0. The van der Waals surface area contributed by atoms with Gasteiger partial charge in [0.2, 0.25) is 0 Å². The monoisotopic (exact) mass is 413 g/mol. The van der Waals surface area contributed by atoms with Crippen LogP contribution in [0.3, 0.4) is 0 Å². The molecule has 0 unspecified atom stereocenters. The summed E-state index contributed by atoms with van der Waals surface area (Å²) in [5, 5.41) is 8.36. The van der Waals surface area contributed by atoms with Crippen LogP contribution in [-0.2, 0) is 19.4 Å². The lowest BCUT2D eigenvalue weighted by Gasteiger charge is -2.17. The second-order valence-corrected chi connectivity index (χ2v) is 8.70. The molecule has 152 valence electrons. The van der Waals surface area contributed by atoms with Crippen molar-refractivity contribution in [2.75, 3.05) is 30.3 Å². The molecule has 3 rings (SSSR count). The molecule has 1 fully saturated rings. The van der Waals surface area contributed by atoms with E-state index < -0.39 is 15.8 Å². The van der Waals surface area contributed by atoms with Crippen LogP contribution in [0.4, 0.5) is 17.1 Å². The number of carbonyl (C=O) groups excluding carboxylic acids is 1. The van der Waals surface area contributed by atoms with Crippen LogP contribution in [-0.4, -0.2) is 39.8 Å². The molecule has 0 spiro atoms. The van der Waals surface area contributed by atoms with E-state index in [1.54, 1.807) is 12.1 Å². The minimum Gasteiger partial charge on any atom is -0.461 e. The number of sulfone groups is 1. The minimum absolute atomic E-state index is 0.140. The predicted octanol–water partition coefficient (Wildman–Crippen LogP) is 4.21. The highest BCUT2D eigenvalue weighted by Gasteiger charge is 2.15. The number of anilines is 1. The molecule has 1 aliphatic rings. The summed E-state index contributed by atoms with van der Waals surface area (Å²) in [4.78, 5) is 13.5. The second-order valence-electron chi connectivity index (χ2n) is 6.59. The zero-order valence-corrected chi connectivity index (χ0v) is 16.8. The number of carbonyl (C=O) groups is 1. The van der Waals surface area contributed by atoms with Gasteiger partial charge in [-0.3, -0.25) is 0 Å². The molecule has 0 amide bonds. The van der Waals surface area contributed by atoms with E-state index in [-0.39, 0.29) is 17.3 Å². The second kappa shape index (κ2) is 9.47. The van der Waals surface area contributed by atoms with E-state index >= 15 is 0 Å². The van der Waals surface area contributed by atoms with Gasteiger partial charge in [-0.15, -0.1) is 0 Å². The first-order chi connectivity index (χ1) is 14.0. The Labute approximate surface area is 170 Å². The first kappa shape index (κ1) is 20.7. The SMILES string of the molecule is C=CC(=O)OCCS(=O)(=O)c1ccc(N=Nc2ccc(N3CCCC3)cc2)cc1. The summed E-state index contributed by atoms with van der Waals surface area (Å²) in [6.07, 6.45) is 3.45. The Morgan fingerprint density at radius 1 is 1.00 bits per heavy atom. The van der Waals surface area contributed by atoms with E-state index in [1.807, 2.05) is 24.3 Å². The van der Waals surface area contributed by atoms with Gasteiger partial charge in [0, 0.05) is 24.9 Å². The van der Waals surface area contributed by atoms with E-state index in [1.165, 1.54) is 30.7 Å². The van der Waals surface area contributed by atoms with Crippen molar-refractivity contribution in [3.05, 3.63) is 61.2 Å². The molecule has 0 atom stereocenters. The Morgan fingerprint density at radius 3 is 2.10 bits per heavy atom. The van der Waals surface area contributed by atoms with Gasteiger partial charge in [-0.2, -0.15) is 10.2 Å². The topological polar surface area (TPSA) is 88.4 Å². The molecule has 0 radical (unpaired) electrons. The number of azo groups is 1. The predicted molar refractivity (Wildman–Crippen MR) is 112 cm³/mol. The maximum absolute atomic E-state index is 12.3. The van der Waals surface area contributed by atoms with Gasteiger partial charge in [0.25, 0.3) is 0 Å². The minimum atomic E-state index is -3.55. The van der Waals surface area contributed by atoms with Crippen molar-refractivity contribution < 1.29 is 17.9 Å². The first-order valence-corrected chi connectivity index (χ1v) is 11.0. The Bertz CT molecular complexity index is 978. The zero-order valence-electron chi connectivity index (χ0n) is 16.0. The fraction of sp³-hybridized carbons (Fsp3) is 0.286. The molecule has 2 aromatic rings. The highest BCUT2D eigenvalue weighted by atomic mass is 32.2. The van der Waals surface area contributed by atoms with E-state index in [9.17, 15) is 13.2 Å². The van der Waals surface area contributed by atoms with E-state index in [4.69, 9.17) is 4.74 Å². The molecule has 0 aromatic heterocycles. The number of nitrogens with zero attached hydrogens (tertiary/aromatic N) is 3. The van der Waals surface area contributed by atoms with Gasteiger partial charge < -0.3 is 9.64 Å². The van der Waals surface area contributed by atoms with Crippen molar-refractivity contribution in [3.8, 4) is 0 Å². The number of rotatable bonds is 8. The Morgan fingerprint density at radius 2 is 1.55 bits per heavy atom. The molecule has 29 heavy (non-hydrogen) atoms. The molecular formula is C21H23N3O4S. The van der Waals surface area contributed by atoms with Crippen LogP contribution in [0, 0.1) is 0 Å². The van der Waals surface area contributed by atoms with Crippen molar-refractivity contribution in [2.24, 2.45) is 10.2 Å². The Balaban J connectivity index is 1.59. The van der Waals surface area contributed by atoms with Gasteiger partial charge in [-0.05, 0) is 61.4 Å². The van der Waals surface area contributed by atoms with Crippen LogP contribution in [0.25, 0.3) is 0 Å². The third kappa shape index (κ3) is 5.74. The Kier molecular flexibility index (Phi) is 6.77. The molecule has 2 aromatic carbocycles. The van der Waals surface area contributed by atoms with Crippen LogP contribution >= 0.6 is 0 Å². The summed E-state index contributed by atoms with van der Waals surface area (Å²) in [7, 11) is -3.55. The largest absolute Gasteiger partial charge is 0.461 e. The molecular weight excluding hydrogens is 390 g/mol. The molecule has 1 aliphatic heterocycles. The average molecular weight is 413 g/mol. The zero-order chi connectivity index (χ0) is 20.7. The summed E-state index contributed by atoms with van der Waals surface area (Å²) < 4.78 is 29.2. The Hall–Kier alpha value is -3.00. The van der Waals surface area contributed by atoms with Crippen molar-refractivity contribution in [1.29, 1.82) is 0 Å². The molecule has 1 saturated heterocycles. The fourth-order valence-electron chi connectivity index (χ4n) is 2.97. The highest BCUT2D eigenvalue weighted by Crippen LogP contribution is 2.25. The van der Waals surface area contributed by atoms with Crippen LogP contribution in [0.5, 0.6) is 0 Å². The average Bonchev–Trinajstić information content (AvgIpc) is 3.27. The highest BCUT2D eigenvalue weighted by molar-refractivity contribution is 7.91. The maximum atomic E-state index is 12.3. The molecule has 0 aliphatic carbocycles. The third-order valence-corrected chi connectivity index (χ3v) is 6.26. The van der Waals surface area contributed by atoms with Crippen LogP contribution in [0.1, 0.15) is 12.8 Å². The van der Waals surface area contributed by atoms with Gasteiger partial charge in [0.1, 0.15) is 6.61 Å². The summed E-state index contributed by atoms with van der Waals surface area (Å²) in [6.45, 7) is 5.22. The van der Waals surface area contributed by atoms with Crippen LogP contribution in [0.2, 0.25) is 0 Å². The van der Waals surface area contributed by atoms with Gasteiger partial charge in [-0.25, -0.2) is 13.2 Å². The molecule has 1 heterocycles. The van der Waals surface area contributed by atoms with Crippen molar-refractivity contribution in [1.82, 2.24) is 0 Å². The number of ether oxygens (including phenoxy) is 1.